The van der Waals surface area contributed by atoms with E-state index < -0.39 is 0 Å². The first-order valence-corrected chi connectivity index (χ1v) is 8.66. The third-order valence-electron chi connectivity index (χ3n) is 5.73. The van der Waals surface area contributed by atoms with Crippen molar-refractivity contribution in [1.29, 1.82) is 0 Å². The maximum atomic E-state index is 13.0. The van der Waals surface area contributed by atoms with Gasteiger partial charge < -0.3 is 4.90 Å². The van der Waals surface area contributed by atoms with Crippen LogP contribution in [0.25, 0.3) is 5.57 Å². The molecule has 0 N–H and O–H groups in total. The lowest BCUT2D eigenvalue weighted by molar-refractivity contribution is -0.124. The van der Waals surface area contributed by atoms with Crippen LogP contribution in [0.3, 0.4) is 0 Å². The second kappa shape index (κ2) is 5.02. The minimum atomic E-state index is 0.0588. The number of nitrogens with zero attached hydrogens (tertiary/aromatic N) is 1. The Morgan fingerprint density at radius 3 is 2.64 bits per heavy atom. The first-order valence-electron chi connectivity index (χ1n) is 8.25. The molecule has 1 fully saturated rings. The van der Waals surface area contributed by atoms with E-state index in [0.29, 0.717) is 0 Å². The molecule has 0 saturated heterocycles. The fourth-order valence-corrected chi connectivity index (χ4v) is 4.85. The highest BCUT2D eigenvalue weighted by molar-refractivity contribution is 7.80. The van der Waals surface area contributed by atoms with Gasteiger partial charge in [-0.05, 0) is 36.0 Å². The van der Waals surface area contributed by atoms with E-state index in [4.69, 9.17) is 12.2 Å². The van der Waals surface area contributed by atoms with Crippen LogP contribution >= 0.6 is 12.2 Å². The van der Waals surface area contributed by atoms with Crippen molar-refractivity contribution in [1.82, 2.24) is 4.90 Å². The van der Waals surface area contributed by atoms with E-state index in [1.807, 2.05) is 7.05 Å². The Kier molecular flexibility index (Phi) is 3.23. The summed E-state index contributed by atoms with van der Waals surface area (Å²) in [5.74, 6) is 0.155. The number of thiocarbonyl (C=S) groups is 1. The van der Waals surface area contributed by atoms with Gasteiger partial charge in [0, 0.05) is 24.5 Å². The second-order valence-electron chi connectivity index (χ2n) is 6.96. The van der Waals surface area contributed by atoms with E-state index in [9.17, 15) is 4.79 Å². The third-order valence-corrected chi connectivity index (χ3v) is 6.15. The Labute approximate surface area is 137 Å². The summed E-state index contributed by atoms with van der Waals surface area (Å²) in [7, 11) is 1.84. The van der Waals surface area contributed by atoms with Crippen molar-refractivity contribution in [3.63, 3.8) is 0 Å². The normalized spacial score (nSPS) is 23.6. The van der Waals surface area contributed by atoms with Crippen molar-refractivity contribution in [2.75, 3.05) is 7.05 Å². The Morgan fingerprint density at radius 1 is 1.14 bits per heavy atom. The zero-order chi connectivity index (χ0) is 15.3. The number of amides is 1. The molecule has 4 rings (SSSR count). The SMILES string of the molecule is CN1C(=O)C2=C(CC1=S)c1ccccc1CC21CCCCC1. The molecule has 1 aromatic carbocycles. The summed E-state index contributed by atoms with van der Waals surface area (Å²) in [6, 6.07) is 8.60. The minimum absolute atomic E-state index is 0.0588. The van der Waals surface area contributed by atoms with Gasteiger partial charge >= 0.3 is 0 Å². The molecule has 22 heavy (non-hydrogen) atoms. The van der Waals surface area contributed by atoms with Gasteiger partial charge in [0.05, 0.1) is 4.99 Å². The molecule has 3 heteroatoms. The van der Waals surface area contributed by atoms with Crippen LogP contribution in [0, 0.1) is 5.41 Å². The van der Waals surface area contributed by atoms with Crippen molar-refractivity contribution in [3.05, 3.63) is 41.0 Å². The lowest BCUT2D eigenvalue weighted by Crippen LogP contribution is -2.46. The van der Waals surface area contributed by atoms with Gasteiger partial charge in [-0.25, -0.2) is 0 Å². The van der Waals surface area contributed by atoms with Crippen molar-refractivity contribution in [2.45, 2.75) is 44.9 Å². The molecular weight excluding hydrogens is 290 g/mol. The average molecular weight is 311 g/mol. The maximum absolute atomic E-state index is 13.0. The van der Waals surface area contributed by atoms with Gasteiger partial charge in [0.1, 0.15) is 0 Å². The molecule has 1 aromatic rings. The molecule has 0 radical (unpaired) electrons. The summed E-state index contributed by atoms with van der Waals surface area (Å²) in [5, 5.41) is 0. The smallest absolute Gasteiger partial charge is 0.255 e. The van der Waals surface area contributed by atoms with Gasteiger partial charge in [0.2, 0.25) is 0 Å². The van der Waals surface area contributed by atoms with Gasteiger partial charge in [0.15, 0.2) is 0 Å². The summed E-state index contributed by atoms with van der Waals surface area (Å²) >= 11 is 5.46. The lowest BCUT2D eigenvalue weighted by atomic mass is 9.59. The van der Waals surface area contributed by atoms with Crippen LogP contribution in [0.1, 0.15) is 49.7 Å². The molecule has 1 amide bonds. The van der Waals surface area contributed by atoms with Crippen LogP contribution in [0.2, 0.25) is 0 Å². The number of fused-ring (bicyclic) bond motifs is 3. The van der Waals surface area contributed by atoms with Gasteiger partial charge in [-0.2, -0.15) is 0 Å². The number of hydrogen-bond acceptors (Lipinski definition) is 2. The summed E-state index contributed by atoms with van der Waals surface area (Å²) < 4.78 is 0. The molecule has 2 nitrogen and oxygen atoms in total. The maximum Gasteiger partial charge on any atom is 0.255 e. The number of hydrogen-bond donors (Lipinski definition) is 0. The van der Waals surface area contributed by atoms with Gasteiger partial charge in [-0.3, -0.25) is 4.79 Å². The predicted molar refractivity (Wildman–Crippen MR) is 92.6 cm³/mol. The minimum Gasteiger partial charge on any atom is -0.306 e. The molecule has 1 aliphatic heterocycles. The van der Waals surface area contributed by atoms with E-state index >= 15 is 0 Å². The van der Waals surface area contributed by atoms with Crippen molar-refractivity contribution >= 4 is 28.7 Å². The molecule has 0 bridgehead atoms. The lowest BCUT2D eigenvalue weighted by Gasteiger charge is -2.46. The van der Waals surface area contributed by atoms with Crippen LogP contribution in [0.15, 0.2) is 29.8 Å². The Bertz CT molecular complexity index is 697. The quantitative estimate of drug-likeness (QED) is 0.671. The topological polar surface area (TPSA) is 20.3 Å². The number of likely N-dealkylation sites (N-methyl/N-ethyl adjacent to an activating group) is 1. The van der Waals surface area contributed by atoms with Crippen molar-refractivity contribution < 1.29 is 4.79 Å². The zero-order valence-corrected chi connectivity index (χ0v) is 13.8. The summed E-state index contributed by atoms with van der Waals surface area (Å²) in [6.07, 6.45) is 7.83. The highest BCUT2D eigenvalue weighted by atomic mass is 32.1. The molecule has 1 spiro atoms. The van der Waals surface area contributed by atoms with E-state index in [1.54, 1.807) is 4.90 Å². The van der Waals surface area contributed by atoms with E-state index in [0.717, 1.165) is 36.2 Å². The molecule has 0 aromatic heterocycles. The zero-order valence-electron chi connectivity index (χ0n) is 13.0. The highest BCUT2D eigenvalue weighted by Crippen LogP contribution is 2.53. The molecule has 114 valence electrons. The number of benzene rings is 1. The largest absolute Gasteiger partial charge is 0.306 e. The summed E-state index contributed by atoms with van der Waals surface area (Å²) in [5.41, 5.74) is 5.03. The molecule has 2 aliphatic carbocycles. The molecular formula is C19H21NOS. The summed E-state index contributed by atoms with van der Waals surface area (Å²) in [6.45, 7) is 0. The molecule has 1 saturated carbocycles. The van der Waals surface area contributed by atoms with Crippen molar-refractivity contribution in [3.8, 4) is 0 Å². The van der Waals surface area contributed by atoms with Crippen LogP contribution in [0.4, 0.5) is 0 Å². The monoisotopic (exact) mass is 311 g/mol. The standard InChI is InChI=1S/C19H21NOS/c1-20-16(22)11-15-14-8-4-3-7-13(14)12-19(17(15)18(20)21)9-5-2-6-10-19/h3-4,7-8H,2,5-6,9-12H2,1H3. The predicted octanol–water partition coefficient (Wildman–Crippen LogP) is 4.14. The molecule has 3 aliphatic rings. The number of carbonyl (C=O) groups is 1. The molecule has 1 heterocycles. The first kappa shape index (κ1) is 14.1. The van der Waals surface area contributed by atoms with Crippen LogP contribution in [-0.4, -0.2) is 22.8 Å². The average Bonchev–Trinajstić information content (AvgIpc) is 2.53. The Hall–Kier alpha value is -1.48. The first-order chi connectivity index (χ1) is 10.6. The van der Waals surface area contributed by atoms with E-state index in [-0.39, 0.29) is 11.3 Å². The summed E-state index contributed by atoms with van der Waals surface area (Å²) in [4.78, 5) is 15.5. The fourth-order valence-electron chi connectivity index (χ4n) is 4.62. The van der Waals surface area contributed by atoms with E-state index in [1.165, 1.54) is 36.0 Å². The highest BCUT2D eigenvalue weighted by Gasteiger charge is 2.47. The van der Waals surface area contributed by atoms with Crippen LogP contribution < -0.4 is 0 Å². The van der Waals surface area contributed by atoms with Gasteiger partial charge in [-0.15, -0.1) is 0 Å². The Balaban J connectivity index is 1.96. The number of carbonyl (C=O) groups excluding carboxylic acids is 1. The number of rotatable bonds is 0. The van der Waals surface area contributed by atoms with Gasteiger partial charge in [-0.1, -0.05) is 55.7 Å². The van der Waals surface area contributed by atoms with Gasteiger partial charge in [0.25, 0.3) is 5.91 Å². The molecule has 0 atom stereocenters. The van der Waals surface area contributed by atoms with Crippen molar-refractivity contribution in [2.24, 2.45) is 5.41 Å². The van der Waals surface area contributed by atoms with E-state index in [2.05, 4.69) is 24.3 Å². The Morgan fingerprint density at radius 2 is 1.86 bits per heavy atom. The van der Waals surface area contributed by atoms with Crippen LogP contribution in [-0.2, 0) is 11.2 Å². The third kappa shape index (κ3) is 1.91. The second-order valence-corrected chi connectivity index (χ2v) is 7.43. The van der Waals surface area contributed by atoms with Crippen LogP contribution in [0.5, 0.6) is 0 Å². The molecule has 0 unspecified atom stereocenters. The fraction of sp³-hybridized carbons (Fsp3) is 0.474.